The summed E-state index contributed by atoms with van der Waals surface area (Å²) >= 11 is 0. The summed E-state index contributed by atoms with van der Waals surface area (Å²) in [5, 5.41) is 0. The van der Waals surface area contributed by atoms with Crippen LogP contribution in [0.4, 0.5) is 0 Å². The van der Waals surface area contributed by atoms with Crippen molar-refractivity contribution in [2.75, 3.05) is 13.2 Å². The fourth-order valence-corrected chi connectivity index (χ4v) is 1.49. The van der Waals surface area contributed by atoms with Gasteiger partial charge in [0.25, 0.3) is 0 Å². The lowest BCUT2D eigenvalue weighted by molar-refractivity contribution is 0.0552. The summed E-state index contributed by atoms with van der Waals surface area (Å²) in [6.45, 7) is 7.31. The average Bonchev–Trinajstić information content (AvgIpc) is 2.34. The topological polar surface area (TPSA) is 44.5 Å². The molecule has 3 heteroatoms. The van der Waals surface area contributed by atoms with Crippen molar-refractivity contribution >= 4 is 0 Å². The molecule has 0 heterocycles. The van der Waals surface area contributed by atoms with Gasteiger partial charge in [-0.25, -0.2) is 0 Å². The average molecular weight is 237 g/mol. The van der Waals surface area contributed by atoms with Gasteiger partial charge in [-0.3, -0.25) is 0 Å². The fraction of sp³-hybridized carbons (Fsp3) is 0.571. The molecule has 0 aromatic heterocycles. The number of ether oxygens (including phenoxy) is 2. The third-order valence-corrected chi connectivity index (χ3v) is 2.55. The molecule has 1 aromatic rings. The Balaban J connectivity index is 2.35. The molecule has 0 aliphatic carbocycles. The standard InChI is InChI=1S/C14H23NO2/c1-4-14(15)12-5-7-13(8-6-12)17-10-9-16-11(2)3/h5-8,11,14H,4,9-10,15H2,1-3H3/t14-/m1/s1. The van der Waals surface area contributed by atoms with Gasteiger partial charge >= 0.3 is 0 Å². The van der Waals surface area contributed by atoms with Gasteiger partial charge in [-0.1, -0.05) is 19.1 Å². The largest absolute Gasteiger partial charge is 0.491 e. The predicted octanol–water partition coefficient (Wildman–Crippen LogP) is 2.90. The van der Waals surface area contributed by atoms with Crippen LogP contribution in [0.25, 0.3) is 0 Å². The van der Waals surface area contributed by atoms with Crippen LogP contribution in [0.15, 0.2) is 24.3 Å². The minimum Gasteiger partial charge on any atom is -0.491 e. The quantitative estimate of drug-likeness (QED) is 0.742. The number of hydrogen-bond donors (Lipinski definition) is 1. The molecule has 0 bridgehead atoms. The molecule has 96 valence electrons. The Kier molecular flexibility index (Phi) is 6.01. The third-order valence-electron chi connectivity index (χ3n) is 2.55. The molecule has 0 spiro atoms. The minimum atomic E-state index is 0.119. The van der Waals surface area contributed by atoms with E-state index in [0.29, 0.717) is 13.2 Å². The first-order valence-electron chi connectivity index (χ1n) is 6.23. The second-order valence-electron chi connectivity index (χ2n) is 4.35. The van der Waals surface area contributed by atoms with E-state index in [9.17, 15) is 0 Å². The molecule has 0 unspecified atom stereocenters. The maximum atomic E-state index is 5.94. The molecule has 0 aliphatic heterocycles. The number of hydrogen-bond acceptors (Lipinski definition) is 3. The number of rotatable bonds is 7. The monoisotopic (exact) mass is 237 g/mol. The lowest BCUT2D eigenvalue weighted by atomic mass is 10.1. The first kappa shape index (κ1) is 14.0. The summed E-state index contributed by atoms with van der Waals surface area (Å²) in [5.74, 6) is 0.865. The molecular formula is C14H23NO2. The van der Waals surface area contributed by atoms with Crippen LogP contribution in [0.1, 0.15) is 38.8 Å². The van der Waals surface area contributed by atoms with E-state index in [4.69, 9.17) is 15.2 Å². The minimum absolute atomic E-state index is 0.119. The van der Waals surface area contributed by atoms with Gasteiger partial charge in [-0.15, -0.1) is 0 Å². The Morgan fingerprint density at radius 1 is 1.12 bits per heavy atom. The van der Waals surface area contributed by atoms with Gasteiger partial charge in [0.15, 0.2) is 0 Å². The van der Waals surface area contributed by atoms with Gasteiger partial charge in [0.1, 0.15) is 12.4 Å². The fourth-order valence-electron chi connectivity index (χ4n) is 1.49. The zero-order chi connectivity index (χ0) is 12.7. The van der Waals surface area contributed by atoms with E-state index in [1.807, 2.05) is 38.1 Å². The third kappa shape index (κ3) is 5.20. The lowest BCUT2D eigenvalue weighted by Gasteiger charge is -2.11. The highest BCUT2D eigenvalue weighted by molar-refractivity contribution is 5.28. The molecular weight excluding hydrogens is 214 g/mol. The van der Waals surface area contributed by atoms with Crippen LogP contribution in [0.2, 0.25) is 0 Å². The van der Waals surface area contributed by atoms with Crippen molar-refractivity contribution in [2.24, 2.45) is 5.73 Å². The van der Waals surface area contributed by atoms with E-state index >= 15 is 0 Å². The summed E-state index contributed by atoms with van der Waals surface area (Å²) in [4.78, 5) is 0. The van der Waals surface area contributed by atoms with E-state index in [2.05, 4.69) is 6.92 Å². The summed E-state index contributed by atoms with van der Waals surface area (Å²) in [7, 11) is 0. The summed E-state index contributed by atoms with van der Waals surface area (Å²) in [6.07, 6.45) is 1.20. The molecule has 0 saturated carbocycles. The molecule has 0 amide bonds. The zero-order valence-corrected chi connectivity index (χ0v) is 11.0. The van der Waals surface area contributed by atoms with Crippen molar-refractivity contribution in [3.8, 4) is 5.75 Å². The molecule has 0 saturated heterocycles. The highest BCUT2D eigenvalue weighted by atomic mass is 16.5. The Morgan fingerprint density at radius 3 is 2.29 bits per heavy atom. The molecule has 0 fully saturated rings. The lowest BCUT2D eigenvalue weighted by Crippen LogP contribution is -2.11. The van der Waals surface area contributed by atoms with E-state index in [1.165, 1.54) is 0 Å². The molecule has 0 aliphatic rings. The van der Waals surface area contributed by atoms with Crippen LogP contribution in [0.3, 0.4) is 0 Å². The van der Waals surface area contributed by atoms with Gasteiger partial charge in [0.2, 0.25) is 0 Å². The highest BCUT2D eigenvalue weighted by Crippen LogP contribution is 2.18. The maximum Gasteiger partial charge on any atom is 0.119 e. The highest BCUT2D eigenvalue weighted by Gasteiger charge is 2.03. The number of benzene rings is 1. The van der Waals surface area contributed by atoms with Crippen LogP contribution in [-0.4, -0.2) is 19.3 Å². The van der Waals surface area contributed by atoms with E-state index in [-0.39, 0.29) is 12.1 Å². The molecule has 1 atom stereocenters. The summed E-state index contributed by atoms with van der Waals surface area (Å²) in [5.41, 5.74) is 7.09. The van der Waals surface area contributed by atoms with Crippen LogP contribution in [0.5, 0.6) is 5.75 Å². The summed E-state index contributed by atoms with van der Waals surface area (Å²) in [6, 6.07) is 8.08. The SMILES string of the molecule is CC[C@@H](N)c1ccc(OCCOC(C)C)cc1. The van der Waals surface area contributed by atoms with Gasteiger partial charge in [-0.2, -0.15) is 0 Å². The zero-order valence-electron chi connectivity index (χ0n) is 11.0. The van der Waals surface area contributed by atoms with Crippen molar-refractivity contribution in [1.82, 2.24) is 0 Å². The first-order valence-corrected chi connectivity index (χ1v) is 6.23. The first-order chi connectivity index (χ1) is 8.13. The smallest absolute Gasteiger partial charge is 0.119 e. The maximum absolute atomic E-state index is 5.94. The van der Waals surface area contributed by atoms with E-state index in [1.54, 1.807) is 0 Å². The van der Waals surface area contributed by atoms with Gasteiger partial charge in [0.05, 0.1) is 12.7 Å². The number of nitrogens with two attached hydrogens (primary N) is 1. The second-order valence-corrected chi connectivity index (χ2v) is 4.35. The van der Waals surface area contributed by atoms with Crippen LogP contribution < -0.4 is 10.5 Å². The van der Waals surface area contributed by atoms with Gasteiger partial charge in [0, 0.05) is 6.04 Å². The van der Waals surface area contributed by atoms with Crippen molar-refractivity contribution in [3.63, 3.8) is 0 Å². The molecule has 3 nitrogen and oxygen atoms in total. The van der Waals surface area contributed by atoms with Crippen molar-refractivity contribution < 1.29 is 9.47 Å². The van der Waals surface area contributed by atoms with E-state index < -0.39 is 0 Å². The van der Waals surface area contributed by atoms with Crippen LogP contribution in [-0.2, 0) is 4.74 Å². The van der Waals surface area contributed by atoms with E-state index in [0.717, 1.165) is 17.7 Å². The van der Waals surface area contributed by atoms with Crippen molar-refractivity contribution in [2.45, 2.75) is 39.3 Å². The Labute approximate surface area is 104 Å². The predicted molar refractivity (Wildman–Crippen MR) is 70.2 cm³/mol. The molecule has 0 radical (unpaired) electrons. The molecule has 1 aromatic carbocycles. The summed E-state index contributed by atoms with van der Waals surface area (Å²) < 4.78 is 11.0. The molecule has 1 rings (SSSR count). The Hall–Kier alpha value is -1.06. The normalized spacial score (nSPS) is 12.8. The van der Waals surface area contributed by atoms with Crippen molar-refractivity contribution in [1.29, 1.82) is 0 Å². The van der Waals surface area contributed by atoms with Crippen LogP contribution in [0, 0.1) is 0 Å². The second kappa shape index (κ2) is 7.30. The molecule has 17 heavy (non-hydrogen) atoms. The van der Waals surface area contributed by atoms with Crippen LogP contribution >= 0.6 is 0 Å². The van der Waals surface area contributed by atoms with Gasteiger partial charge in [-0.05, 0) is 38.0 Å². The molecule has 2 N–H and O–H groups in total. The Morgan fingerprint density at radius 2 is 1.76 bits per heavy atom. The van der Waals surface area contributed by atoms with Gasteiger partial charge < -0.3 is 15.2 Å². The van der Waals surface area contributed by atoms with Crippen molar-refractivity contribution in [3.05, 3.63) is 29.8 Å². The Bertz CT molecular complexity index is 309.